The Morgan fingerprint density at radius 1 is 1.10 bits per heavy atom. The highest BCUT2D eigenvalue weighted by Gasteiger charge is 2.34. The first kappa shape index (κ1) is 21.2. The quantitative estimate of drug-likeness (QED) is 0.501. The summed E-state index contributed by atoms with van der Waals surface area (Å²) in [7, 11) is 0. The molecule has 2 aromatic rings. The molecule has 0 amide bonds. The van der Waals surface area contributed by atoms with Gasteiger partial charge in [-0.25, -0.2) is 0 Å². The van der Waals surface area contributed by atoms with Gasteiger partial charge in [0.25, 0.3) is 5.69 Å². The Balaban J connectivity index is 1.57. The number of benzene rings is 2. The summed E-state index contributed by atoms with van der Waals surface area (Å²) >= 11 is 5.91. The predicted octanol–water partition coefficient (Wildman–Crippen LogP) is 4.47. The van der Waals surface area contributed by atoms with Crippen LogP contribution in [-0.2, 0) is 6.18 Å². The molecule has 0 radical (unpaired) electrons. The molecule has 1 aliphatic heterocycles. The van der Waals surface area contributed by atoms with Crippen molar-refractivity contribution < 1.29 is 22.8 Å². The van der Waals surface area contributed by atoms with Crippen molar-refractivity contribution >= 4 is 23.0 Å². The lowest BCUT2D eigenvalue weighted by atomic mass is 10.1. The van der Waals surface area contributed by atoms with Crippen LogP contribution in [0.4, 0.5) is 24.5 Å². The first-order valence-electron chi connectivity index (χ1n) is 8.95. The molecule has 0 spiro atoms. The van der Waals surface area contributed by atoms with E-state index in [0.29, 0.717) is 56.2 Å². The topological polar surface area (TPSA) is 58.9 Å². The SMILES string of the molecule is O=[N+]([O-])c1cc(C(F)(F)F)ccc1N1CCN(CCOc2cccc(Cl)c2)CC1. The molecule has 0 aliphatic carbocycles. The number of nitrogens with zero attached hydrogens (tertiary/aromatic N) is 3. The Hall–Kier alpha value is -2.52. The van der Waals surface area contributed by atoms with Gasteiger partial charge >= 0.3 is 6.18 Å². The number of halogens is 4. The van der Waals surface area contributed by atoms with Crippen LogP contribution in [-0.4, -0.2) is 49.2 Å². The Kier molecular flexibility index (Phi) is 6.49. The minimum Gasteiger partial charge on any atom is -0.492 e. The van der Waals surface area contributed by atoms with Crippen LogP contribution in [0.15, 0.2) is 42.5 Å². The molecule has 29 heavy (non-hydrogen) atoms. The van der Waals surface area contributed by atoms with Gasteiger partial charge in [0.15, 0.2) is 0 Å². The zero-order valence-corrected chi connectivity index (χ0v) is 16.1. The molecule has 1 heterocycles. The van der Waals surface area contributed by atoms with E-state index < -0.39 is 22.4 Å². The van der Waals surface area contributed by atoms with E-state index >= 15 is 0 Å². The second-order valence-corrected chi connectivity index (χ2v) is 7.03. The van der Waals surface area contributed by atoms with E-state index in [1.807, 2.05) is 6.07 Å². The van der Waals surface area contributed by atoms with Crippen molar-refractivity contribution in [1.82, 2.24) is 4.90 Å². The van der Waals surface area contributed by atoms with Crippen molar-refractivity contribution in [3.63, 3.8) is 0 Å². The predicted molar refractivity (Wildman–Crippen MR) is 104 cm³/mol. The lowest BCUT2D eigenvalue weighted by molar-refractivity contribution is -0.384. The molecular formula is C19H19ClF3N3O3. The molecule has 10 heteroatoms. The highest BCUT2D eigenvalue weighted by molar-refractivity contribution is 6.30. The van der Waals surface area contributed by atoms with Crippen molar-refractivity contribution in [2.24, 2.45) is 0 Å². The van der Waals surface area contributed by atoms with Crippen molar-refractivity contribution in [3.8, 4) is 5.75 Å². The maximum absolute atomic E-state index is 12.9. The van der Waals surface area contributed by atoms with E-state index in [4.69, 9.17) is 16.3 Å². The molecule has 2 aromatic carbocycles. The molecule has 0 bridgehead atoms. The number of nitro benzene ring substituents is 1. The van der Waals surface area contributed by atoms with Crippen LogP contribution < -0.4 is 9.64 Å². The first-order valence-corrected chi connectivity index (χ1v) is 9.33. The van der Waals surface area contributed by atoms with Crippen LogP contribution >= 0.6 is 11.6 Å². The van der Waals surface area contributed by atoms with Gasteiger partial charge in [0.2, 0.25) is 0 Å². The standard InChI is InChI=1S/C19H19ClF3N3O3/c20-15-2-1-3-16(13-15)29-11-10-24-6-8-25(9-7-24)17-5-4-14(19(21,22)23)12-18(17)26(27)28/h1-5,12-13H,6-11H2. The summed E-state index contributed by atoms with van der Waals surface area (Å²) in [6.45, 7) is 3.32. The molecule has 0 atom stereocenters. The molecule has 156 valence electrons. The van der Waals surface area contributed by atoms with Crippen LogP contribution in [0, 0.1) is 10.1 Å². The number of hydrogen-bond donors (Lipinski definition) is 0. The van der Waals surface area contributed by atoms with Crippen LogP contribution in [0.2, 0.25) is 5.02 Å². The molecular weight excluding hydrogens is 411 g/mol. The Bertz CT molecular complexity index is 871. The van der Waals surface area contributed by atoms with Gasteiger partial charge in [0.05, 0.1) is 10.5 Å². The van der Waals surface area contributed by atoms with Gasteiger partial charge in [-0.05, 0) is 30.3 Å². The Morgan fingerprint density at radius 3 is 2.45 bits per heavy atom. The molecule has 1 aliphatic rings. The summed E-state index contributed by atoms with van der Waals surface area (Å²) in [5, 5.41) is 11.9. The van der Waals surface area contributed by atoms with Crippen molar-refractivity contribution in [3.05, 3.63) is 63.2 Å². The maximum Gasteiger partial charge on any atom is 0.416 e. The molecule has 0 aromatic heterocycles. The third-order valence-corrected chi connectivity index (χ3v) is 4.92. The largest absolute Gasteiger partial charge is 0.492 e. The highest BCUT2D eigenvalue weighted by Crippen LogP contribution is 2.36. The smallest absolute Gasteiger partial charge is 0.416 e. The number of piperazine rings is 1. The van der Waals surface area contributed by atoms with Crippen LogP contribution in [0.5, 0.6) is 5.75 Å². The fraction of sp³-hybridized carbons (Fsp3) is 0.368. The summed E-state index contributed by atoms with van der Waals surface area (Å²) in [5.41, 5.74) is -1.35. The monoisotopic (exact) mass is 429 g/mol. The summed E-state index contributed by atoms with van der Waals surface area (Å²) in [6, 6.07) is 9.76. The summed E-state index contributed by atoms with van der Waals surface area (Å²) in [5.74, 6) is 0.677. The first-order chi connectivity index (χ1) is 13.7. The minimum atomic E-state index is -4.62. The van der Waals surface area contributed by atoms with Gasteiger partial charge in [0.1, 0.15) is 18.0 Å². The van der Waals surface area contributed by atoms with E-state index in [0.717, 1.165) is 6.07 Å². The average molecular weight is 430 g/mol. The van der Waals surface area contributed by atoms with Crippen LogP contribution in [0.3, 0.4) is 0 Å². The zero-order valence-electron chi connectivity index (χ0n) is 15.4. The Labute approximate surface area is 170 Å². The van der Waals surface area contributed by atoms with Crippen molar-refractivity contribution in [2.45, 2.75) is 6.18 Å². The molecule has 1 saturated heterocycles. The second kappa shape index (κ2) is 8.87. The number of ether oxygens (including phenoxy) is 1. The molecule has 0 unspecified atom stereocenters. The third-order valence-electron chi connectivity index (χ3n) is 4.68. The summed E-state index contributed by atoms with van der Waals surface area (Å²) < 4.78 is 44.2. The highest BCUT2D eigenvalue weighted by atomic mass is 35.5. The lowest BCUT2D eigenvalue weighted by Crippen LogP contribution is -2.47. The molecule has 3 rings (SSSR count). The van der Waals surface area contributed by atoms with Crippen LogP contribution in [0.25, 0.3) is 0 Å². The van der Waals surface area contributed by atoms with E-state index in [2.05, 4.69) is 4.90 Å². The molecule has 6 nitrogen and oxygen atoms in total. The van der Waals surface area contributed by atoms with Crippen molar-refractivity contribution in [1.29, 1.82) is 0 Å². The minimum absolute atomic E-state index is 0.206. The third kappa shape index (κ3) is 5.51. The van der Waals surface area contributed by atoms with Gasteiger partial charge < -0.3 is 9.64 Å². The number of alkyl halides is 3. The molecule has 0 N–H and O–H groups in total. The normalized spacial score (nSPS) is 15.4. The summed E-state index contributed by atoms with van der Waals surface area (Å²) in [4.78, 5) is 14.4. The van der Waals surface area contributed by atoms with E-state index in [9.17, 15) is 23.3 Å². The van der Waals surface area contributed by atoms with Gasteiger partial charge in [-0.2, -0.15) is 13.2 Å². The molecule has 1 fully saturated rings. The zero-order chi connectivity index (χ0) is 21.0. The summed E-state index contributed by atoms with van der Waals surface area (Å²) in [6.07, 6.45) is -4.62. The number of rotatable bonds is 6. The van der Waals surface area contributed by atoms with E-state index in [-0.39, 0.29) is 5.69 Å². The lowest BCUT2D eigenvalue weighted by Gasteiger charge is -2.35. The fourth-order valence-corrected chi connectivity index (χ4v) is 3.36. The maximum atomic E-state index is 12.9. The number of hydrogen-bond acceptors (Lipinski definition) is 5. The van der Waals surface area contributed by atoms with Crippen molar-refractivity contribution in [2.75, 3.05) is 44.2 Å². The van der Waals surface area contributed by atoms with Gasteiger partial charge in [-0.3, -0.25) is 15.0 Å². The fourth-order valence-electron chi connectivity index (χ4n) is 3.18. The van der Waals surface area contributed by atoms with E-state index in [1.165, 1.54) is 6.07 Å². The Morgan fingerprint density at radius 2 is 1.83 bits per heavy atom. The molecule has 0 saturated carbocycles. The number of anilines is 1. The van der Waals surface area contributed by atoms with Crippen LogP contribution in [0.1, 0.15) is 5.56 Å². The van der Waals surface area contributed by atoms with Gasteiger partial charge in [-0.1, -0.05) is 17.7 Å². The van der Waals surface area contributed by atoms with E-state index in [1.54, 1.807) is 23.1 Å². The van der Waals surface area contributed by atoms with Gasteiger partial charge in [-0.15, -0.1) is 0 Å². The van der Waals surface area contributed by atoms with Gasteiger partial charge in [0, 0.05) is 43.8 Å². The number of nitro groups is 1. The second-order valence-electron chi connectivity index (χ2n) is 6.59. The average Bonchev–Trinajstić information content (AvgIpc) is 2.67.